The summed E-state index contributed by atoms with van der Waals surface area (Å²) in [4.78, 5) is 31.3. The van der Waals surface area contributed by atoms with Gasteiger partial charge in [-0.1, -0.05) is 6.07 Å². The van der Waals surface area contributed by atoms with Crippen LogP contribution in [0.5, 0.6) is 0 Å². The molecule has 0 spiro atoms. The number of rotatable bonds is 6. The van der Waals surface area contributed by atoms with Gasteiger partial charge in [0.1, 0.15) is 11.5 Å². The maximum Gasteiger partial charge on any atom is 0.317 e. The van der Waals surface area contributed by atoms with Crippen molar-refractivity contribution in [2.24, 2.45) is 0 Å². The first-order valence-corrected chi connectivity index (χ1v) is 11.1. The van der Waals surface area contributed by atoms with E-state index in [-0.39, 0.29) is 17.8 Å². The smallest absolute Gasteiger partial charge is 0.317 e. The molecule has 6 rings (SSSR count). The van der Waals surface area contributed by atoms with E-state index in [9.17, 15) is 9.59 Å². The number of H-pyrrole nitrogens is 1. The van der Waals surface area contributed by atoms with E-state index in [1.807, 2.05) is 18.2 Å². The van der Waals surface area contributed by atoms with Crippen LogP contribution in [0.25, 0.3) is 22.7 Å². The molecule has 3 N–H and O–H groups in total. The Morgan fingerprint density at radius 2 is 2.03 bits per heavy atom. The number of furan rings is 1. The Morgan fingerprint density at radius 1 is 1.15 bits per heavy atom. The van der Waals surface area contributed by atoms with E-state index in [0.717, 1.165) is 18.4 Å². The number of aromatic amines is 1. The highest BCUT2D eigenvalue weighted by molar-refractivity contribution is 6.04. The third-order valence-electron chi connectivity index (χ3n) is 5.93. The molecule has 1 saturated heterocycles. The fraction of sp³-hybridized carbons (Fsp3) is 0.261. The summed E-state index contributed by atoms with van der Waals surface area (Å²) in [6.45, 7) is 1.11. The average Bonchev–Trinajstić information content (AvgIpc) is 3.23. The van der Waals surface area contributed by atoms with Gasteiger partial charge in [0, 0.05) is 37.7 Å². The lowest BCUT2D eigenvalue weighted by Gasteiger charge is -2.39. The number of likely N-dealkylation sites (tertiary alicyclic amines) is 1. The second-order valence-electron chi connectivity index (χ2n) is 8.47. The Morgan fingerprint density at radius 3 is 2.76 bits per heavy atom. The minimum atomic E-state index is -0.398. The second-order valence-corrected chi connectivity index (χ2v) is 8.47. The predicted octanol–water partition coefficient (Wildman–Crippen LogP) is 2.91. The lowest BCUT2D eigenvalue weighted by atomic mass is 10.1. The molecule has 1 aliphatic carbocycles. The third kappa shape index (κ3) is 3.91. The molecule has 0 radical (unpaired) electrons. The summed E-state index contributed by atoms with van der Waals surface area (Å²) in [5.41, 5.74) is 2.46. The van der Waals surface area contributed by atoms with Gasteiger partial charge in [0.15, 0.2) is 5.76 Å². The van der Waals surface area contributed by atoms with Crippen LogP contribution >= 0.6 is 0 Å². The van der Waals surface area contributed by atoms with Crippen molar-refractivity contribution in [3.63, 3.8) is 0 Å². The maximum absolute atomic E-state index is 12.9. The minimum Gasteiger partial charge on any atom is -0.451 e. The lowest BCUT2D eigenvalue weighted by molar-refractivity contribution is 0.0997. The first-order valence-electron chi connectivity index (χ1n) is 11.1. The van der Waals surface area contributed by atoms with Crippen molar-refractivity contribution in [1.82, 2.24) is 35.2 Å². The van der Waals surface area contributed by atoms with Gasteiger partial charge in [0.2, 0.25) is 0 Å². The number of hydrogen-bond donors (Lipinski definition) is 3. The summed E-state index contributed by atoms with van der Waals surface area (Å²) in [7, 11) is 0. The van der Waals surface area contributed by atoms with Gasteiger partial charge in [-0.25, -0.2) is 4.79 Å². The first kappa shape index (κ1) is 20.2. The molecule has 1 aliphatic heterocycles. The van der Waals surface area contributed by atoms with Crippen LogP contribution in [0.1, 0.15) is 29.4 Å². The lowest BCUT2D eigenvalue weighted by Crippen LogP contribution is -2.54. The molecule has 172 valence electrons. The van der Waals surface area contributed by atoms with Crippen LogP contribution in [0.4, 0.5) is 10.5 Å². The molecule has 0 unspecified atom stereocenters. The monoisotopic (exact) mass is 458 g/mol. The van der Waals surface area contributed by atoms with Gasteiger partial charge in [-0.3, -0.25) is 19.6 Å². The number of aromatic nitrogens is 5. The Kier molecular flexibility index (Phi) is 4.86. The predicted molar refractivity (Wildman–Crippen MR) is 122 cm³/mol. The highest BCUT2D eigenvalue weighted by Crippen LogP contribution is 2.30. The number of hydrogen-bond acceptors (Lipinski definition) is 6. The van der Waals surface area contributed by atoms with Crippen LogP contribution in [-0.4, -0.2) is 60.9 Å². The summed E-state index contributed by atoms with van der Waals surface area (Å²) in [5.74, 6) is 0.312. The van der Waals surface area contributed by atoms with Crippen LogP contribution in [0.2, 0.25) is 0 Å². The van der Waals surface area contributed by atoms with Gasteiger partial charge in [-0.05, 0) is 37.1 Å². The van der Waals surface area contributed by atoms with E-state index in [1.165, 1.54) is 0 Å². The van der Waals surface area contributed by atoms with Gasteiger partial charge in [-0.2, -0.15) is 10.2 Å². The van der Waals surface area contributed by atoms with Gasteiger partial charge in [0.05, 0.1) is 29.2 Å². The Balaban J connectivity index is 1.21. The molecule has 4 aromatic heterocycles. The summed E-state index contributed by atoms with van der Waals surface area (Å²) < 4.78 is 7.50. The third-order valence-corrected chi connectivity index (χ3v) is 5.93. The summed E-state index contributed by atoms with van der Waals surface area (Å²) in [5, 5.41) is 17.2. The molecule has 0 aromatic carbocycles. The first-order chi connectivity index (χ1) is 16.6. The van der Waals surface area contributed by atoms with E-state index in [4.69, 9.17) is 9.52 Å². The molecule has 0 atom stereocenters. The second kappa shape index (κ2) is 8.18. The number of anilines is 1. The van der Waals surface area contributed by atoms with Crippen molar-refractivity contribution in [2.75, 3.05) is 18.4 Å². The zero-order valence-corrected chi connectivity index (χ0v) is 18.1. The van der Waals surface area contributed by atoms with Gasteiger partial charge >= 0.3 is 6.03 Å². The molecule has 2 aliphatic rings. The minimum absolute atomic E-state index is 0.0226. The largest absolute Gasteiger partial charge is 0.451 e. The average molecular weight is 458 g/mol. The molecule has 3 amide bonds. The molecule has 4 aromatic rings. The number of urea groups is 1. The van der Waals surface area contributed by atoms with Crippen LogP contribution in [0.15, 0.2) is 59.5 Å². The number of carbonyl (C=O) groups excluding carboxylic acids is 2. The fourth-order valence-corrected chi connectivity index (χ4v) is 3.83. The Labute approximate surface area is 194 Å². The molecular weight excluding hydrogens is 436 g/mol. The molecule has 11 nitrogen and oxygen atoms in total. The summed E-state index contributed by atoms with van der Waals surface area (Å²) in [6.07, 6.45) is 8.88. The summed E-state index contributed by atoms with van der Waals surface area (Å²) in [6, 6.07) is 9.17. The van der Waals surface area contributed by atoms with E-state index >= 15 is 0 Å². The highest BCUT2D eigenvalue weighted by Gasteiger charge is 2.35. The molecule has 0 bridgehead atoms. The standard InChI is InChI=1S/C23H22N8O3/c32-22(20-7-6-19(34-20)14-9-25-26-10-14)28-18-13-31(29-21(18)17-3-1-2-8-24-17)16-11-30(12-16)23(33)27-15-4-5-15/h1-3,6-10,13,15-16H,4-5,11-12H2,(H,25,26)(H,27,33)(H,28,32). The van der Waals surface area contributed by atoms with Gasteiger partial charge in [0.25, 0.3) is 5.91 Å². The van der Waals surface area contributed by atoms with Crippen LogP contribution in [0, 0.1) is 0 Å². The van der Waals surface area contributed by atoms with Crippen LogP contribution in [0.3, 0.4) is 0 Å². The van der Waals surface area contributed by atoms with E-state index < -0.39 is 5.91 Å². The molecule has 11 heteroatoms. The molecule has 5 heterocycles. The van der Waals surface area contributed by atoms with Crippen molar-refractivity contribution in [3.8, 4) is 22.7 Å². The van der Waals surface area contributed by atoms with Gasteiger partial charge in [-0.15, -0.1) is 0 Å². The topological polar surface area (TPSA) is 134 Å². The number of carbonyl (C=O) groups is 2. The van der Waals surface area contributed by atoms with Crippen molar-refractivity contribution >= 4 is 17.6 Å². The number of pyridine rings is 1. The quantitative estimate of drug-likeness (QED) is 0.407. The van der Waals surface area contributed by atoms with E-state index in [0.29, 0.717) is 42.0 Å². The zero-order chi connectivity index (χ0) is 23.1. The number of nitrogens with one attached hydrogen (secondary N) is 3. The molecule has 2 fully saturated rings. The van der Waals surface area contributed by atoms with Crippen molar-refractivity contribution in [3.05, 3.63) is 60.9 Å². The highest BCUT2D eigenvalue weighted by atomic mass is 16.4. The number of nitrogens with zero attached hydrogens (tertiary/aromatic N) is 5. The maximum atomic E-state index is 12.9. The van der Waals surface area contributed by atoms with Gasteiger partial charge < -0.3 is 20.0 Å². The Hall–Kier alpha value is -4.41. The Bertz CT molecular complexity index is 1320. The molecular formula is C23H22N8O3. The summed E-state index contributed by atoms with van der Waals surface area (Å²) >= 11 is 0. The SMILES string of the molecule is O=C(Nc1cn(C2CN(C(=O)NC3CC3)C2)nc1-c1ccccn1)c1ccc(-c2cn[nH]c2)o1. The zero-order valence-electron chi connectivity index (χ0n) is 18.1. The molecule has 34 heavy (non-hydrogen) atoms. The van der Waals surface area contributed by atoms with E-state index in [2.05, 4.69) is 25.8 Å². The fourth-order valence-electron chi connectivity index (χ4n) is 3.83. The van der Waals surface area contributed by atoms with Crippen molar-refractivity contribution in [2.45, 2.75) is 24.9 Å². The van der Waals surface area contributed by atoms with Crippen molar-refractivity contribution < 1.29 is 14.0 Å². The van der Waals surface area contributed by atoms with Crippen LogP contribution < -0.4 is 10.6 Å². The van der Waals surface area contributed by atoms with E-state index in [1.54, 1.807) is 46.5 Å². The van der Waals surface area contributed by atoms with Crippen molar-refractivity contribution in [1.29, 1.82) is 0 Å². The molecule has 1 saturated carbocycles. The number of amides is 3. The van der Waals surface area contributed by atoms with Crippen LogP contribution in [-0.2, 0) is 0 Å². The normalized spacial score (nSPS) is 15.7.